The van der Waals surface area contributed by atoms with Crippen molar-refractivity contribution in [1.29, 1.82) is 0 Å². The summed E-state index contributed by atoms with van der Waals surface area (Å²) in [5, 5.41) is 4.87. The molecule has 0 fully saturated rings. The van der Waals surface area contributed by atoms with E-state index in [1.165, 1.54) is 19.2 Å². The molecule has 6 heteroatoms. The van der Waals surface area contributed by atoms with Crippen LogP contribution in [0, 0.1) is 18.6 Å². The predicted molar refractivity (Wildman–Crippen MR) is 103 cm³/mol. The summed E-state index contributed by atoms with van der Waals surface area (Å²) in [7, 11) is 3.11. The van der Waals surface area contributed by atoms with E-state index < -0.39 is 11.4 Å². The van der Waals surface area contributed by atoms with Gasteiger partial charge in [0.1, 0.15) is 17.0 Å². The van der Waals surface area contributed by atoms with Crippen LogP contribution < -0.4 is 0 Å². The van der Waals surface area contributed by atoms with Crippen LogP contribution in [0.5, 0.6) is 0 Å². The number of hydrogen-bond acceptors (Lipinski definition) is 3. The average Bonchev–Trinajstić information content (AvgIpc) is 3.27. The molecule has 0 aliphatic heterocycles. The van der Waals surface area contributed by atoms with Crippen LogP contribution in [-0.4, -0.2) is 22.9 Å². The fraction of sp³-hybridized carbons (Fsp3) is 0.273. The van der Waals surface area contributed by atoms with Crippen molar-refractivity contribution in [3.8, 4) is 0 Å². The van der Waals surface area contributed by atoms with Crippen LogP contribution in [0.1, 0.15) is 29.5 Å². The van der Waals surface area contributed by atoms with E-state index in [-0.39, 0.29) is 11.6 Å². The first-order valence-corrected chi connectivity index (χ1v) is 9.05. The maximum Gasteiger partial charge on any atom is 0.320 e. The molecule has 0 bridgehead atoms. The topological polar surface area (TPSA) is 44.1 Å². The Hall–Kier alpha value is -3.02. The lowest BCUT2D eigenvalue weighted by atomic mass is 9.77. The zero-order chi connectivity index (χ0) is 20.1. The number of methoxy groups -OCH3 is 1. The molecule has 4 nitrogen and oxygen atoms in total. The van der Waals surface area contributed by atoms with Gasteiger partial charge in [0.15, 0.2) is 0 Å². The highest BCUT2D eigenvalue weighted by atomic mass is 19.1. The number of hydrogen-bond donors (Lipinski definition) is 0. The summed E-state index contributed by atoms with van der Waals surface area (Å²) in [5.41, 5.74) is 1.74. The zero-order valence-electron chi connectivity index (χ0n) is 15.9. The maximum absolute atomic E-state index is 14.8. The molecule has 0 unspecified atom stereocenters. The monoisotopic (exact) mass is 382 g/mol. The van der Waals surface area contributed by atoms with Crippen LogP contribution in [0.4, 0.5) is 8.78 Å². The molecule has 0 saturated heterocycles. The highest BCUT2D eigenvalue weighted by Gasteiger charge is 2.44. The molecule has 0 amide bonds. The Morgan fingerprint density at radius 2 is 2.04 bits per heavy atom. The number of nitrogens with zero attached hydrogens (tertiary/aromatic N) is 2. The van der Waals surface area contributed by atoms with E-state index in [1.54, 1.807) is 49.1 Å². The summed E-state index contributed by atoms with van der Waals surface area (Å²) in [6.45, 7) is 1.64. The van der Waals surface area contributed by atoms with E-state index in [0.717, 1.165) is 5.52 Å². The number of aryl methyl sites for hydroxylation is 1. The molecule has 3 aromatic rings. The maximum atomic E-state index is 14.8. The van der Waals surface area contributed by atoms with Gasteiger partial charge in [0.05, 0.1) is 18.8 Å². The minimum Gasteiger partial charge on any atom is -0.468 e. The molecule has 1 atom stereocenters. The number of fused-ring (bicyclic) bond motifs is 1. The van der Waals surface area contributed by atoms with Crippen LogP contribution in [0.25, 0.3) is 16.5 Å². The minimum absolute atomic E-state index is 0.372. The molecular formula is C22H20F2N2O2. The molecule has 2 aromatic carbocycles. The summed E-state index contributed by atoms with van der Waals surface area (Å²) in [6, 6.07) is 7.87. The number of allylic oxidation sites excluding steroid dienone is 1. The molecule has 144 valence electrons. The van der Waals surface area contributed by atoms with Gasteiger partial charge in [-0.2, -0.15) is 5.10 Å². The molecule has 1 aliphatic carbocycles. The number of carbonyl (C=O) groups excluding carboxylic acids is 1. The second-order valence-corrected chi connectivity index (χ2v) is 7.20. The van der Waals surface area contributed by atoms with Gasteiger partial charge in [-0.05, 0) is 54.7 Å². The van der Waals surface area contributed by atoms with Crippen molar-refractivity contribution in [2.45, 2.75) is 25.2 Å². The predicted octanol–water partition coefficient (Wildman–Crippen LogP) is 4.45. The number of carbonyl (C=O) groups is 1. The molecule has 0 radical (unpaired) electrons. The molecule has 0 N–H and O–H groups in total. The second kappa shape index (κ2) is 6.55. The standard InChI is InChI=1S/C22H20F2N2O2/c1-13-17(5-4-6-18(13)23)22(21(27)28-3)8-7-14(11-22)16-10-20-15(9-19(16)24)12-25-26(20)2/h4-6,9-12H,7-8H2,1-3H3/t22-/m0/s1. The van der Waals surface area contributed by atoms with Crippen LogP contribution in [-0.2, 0) is 22.0 Å². The fourth-order valence-corrected chi connectivity index (χ4v) is 4.16. The van der Waals surface area contributed by atoms with Gasteiger partial charge in [-0.15, -0.1) is 0 Å². The largest absolute Gasteiger partial charge is 0.468 e. The minimum atomic E-state index is -1.13. The van der Waals surface area contributed by atoms with Crippen molar-refractivity contribution in [2.75, 3.05) is 7.11 Å². The Morgan fingerprint density at radius 3 is 2.79 bits per heavy atom. The number of ether oxygens (including phenoxy) is 1. The molecule has 1 heterocycles. The Morgan fingerprint density at radius 1 is 1.25 bits per heavy atom. The van der Waals surface area contributed by atoms with Gasteiger partial charge in [-0.25, -0.2) is 8.78 Å². The van der Waals surface area contributed by atoms with E-state index in [9.17, 15) is 13.6 Å². The van der Waals surface area contributed by atoms with E-state index in [1.807, 2.05) is 0 Å². The van der Waals surface area contributed by atoms with Crippen molar-refractivity contribution in [2.24, 2.45) is 7.05 Å². The SMILES string of the molecule is COC(=O)[C@]1(c2cccc(F)c2C)C=C(c2cc3c(cnn3C)cc2F)CC1. The first kappa shape index (κ1) is 18.3. The van der Waals surface area contributed by atoms with Gasteiger partial charge in [0.25, 0.3) is 0 Å². The first-order chi connectivity index (χ1) is 13.4. The Bertz CT molecular complexity index is 1130. The molecule has 0 saturated carbocycles. The lowest BCUT2D eigenvalue weighted by Gasteiger charge is -2.26. The van der Waals surface area contributed by atoms with Crippen molar-refractivity contribution in [3.63, 3.8) is 0 Å². The van der Waals surface area contributed by atoms with Crippen LogP contribution in [0.15, 0.2) is 42.6 Å². The van der Waals surface area contributed by atoms with E-state index in [0.29, 0.717) is 40.5 Å². The number of benzene rings is 2. The number of aromatic nitrogens is 2. The van der Waals surface area contributed by atoms with Crippen LogP contribution in [0.3, 0.4) is 0 Å². The summed E-state index contributed by atoms with van der Waals surface area (Å²) in [6.07, 6.45) is 4.22. The molecule has 0 spiro atoms. The van der Waals surface area contributed by atoms with Gasteiger partial charge < -0.3 is 4.74 Å². The number of esters is 1. The van der Waals surface area contributed by atoms with Gasteiger partial charge >= 0.3 is 5.97 Å². The van der Waals surface area contributed by atoms with Crippen molar-refractivity contribution < 1.29 is 18.3 Å². The highest BCUT2D eigenvalue weighted by Crippen LogP contribution is 2.45. The zero-order valence-corrected chi connectivity index (χ0v) is 15.9. The lowest BCUT2D eigenvalue weighted by Crippen LogP contribution is -2.34. The molecule has 1 aromatic heterocycles. The molecule has 28 heavy (non-hydrogen) atoms. The van der Waals surface area contributed by atoms with E-state index >= 15 is 0 Å². The smallest absolute Gasteiger partial charge is 0.320 e. The lowest BCUT2D eigenvalue weighted by molar-refractivity contribution is -0.145. The van der Waals surface area contributed by atoms with Gasteiger partial charge in [0, 0.05) is 18.0 Å². The number of rotatable bonds is 3. The van der Waals surface area contributed by atoms with Gasteiger partial charge in [-0.1, -0.05) is 18.2 Å². The fourth-order valence-electron chi connectivity index (χ4n) is 4.16. The van der Waals surface area contributed by atoms with Gasteiger partial charge in [0.2, 0.25) is 0 Å². The molecule has 1 aliphatic rings. The summed E-state index contributed by atoms with van der Waals surface area (Å²) >= 11 is 0. The number of halogens is 2. The first-order valence-electron chi connectivity index (χ1n) is 9.05. The quantitative estimate of drug-likeness (QED) is 0.629. The normalized spacial score (nSPS) is 19.1. The van der Waals surface area contributed by atoms with Crippen LogP contribution in [0.2, 0.25) is 0 Å². The Balaban J connectivity index is 1.91. The Labute approximate surface area is 161 Å². The van der Waals surface area contributed by atoms with Crippen LogP contribution >= 0.6 is 0 Å². The third-order valence-electron chi connectivity index (χ3n) is 5.69. The average molecular weight is 382 g/mol. The highest BCUT2D eigenvalue weighted by molar-refractivity contribution is 5.92. The third-order valence-corrected chi connectivity index (χ3v) is 5.69. The molecule has 4 rings (SSSR count). The van der Waals surface area contributed by atoms with E-state index in [2.05, 4.69) is 5.10 Å². The second-order valence-electron chi connectivity index (χ2n) is 7.20. The van der Waals surface area contributed by atoms with Crippen molar-refractivity contribution in [1.82, 2.24) is 9.78 Å². The third kappa shape index (κ3) is 2.63. The summed E-state index contributed by atoms with van der Waals surface area (Å²) < 4.78 is 35.7. The van der Waals surface area contributed by atoms with Crippen molar-refractivity contribution >= 4 is 22.4 Å². The summed E-state index contributed by atoms with van der Waals surface area (Å²) in [4.78, 5) is 12.8. The summed E-state index contributed by atoms with van der Waals surface area (Å²) in [5.74, 6) is -1.23. The Kier molecular flexibility index (Phi) is 4.29. The van der Waals surface area contributed by atoms with E-state index in [4.69, 9.17) is 4.74 Å². The van der Waals surface area contributed by atoms with Gasteiger partial charge in [-0.3, -0.25) is 9.48 Å². The molecular weight excluding hydrogens is 362 g/mol. The van der Waals surface area contributed by atoms with Crippen molar-refractivity contribution in [3.05, 3.63) is 70.9 Å².